The summed E-state index contributed by atoms with van der Waals surface area (Å²) < 4.78 is 41.3. The molecule has 6 rings (SSSR count). The van der Waals surface area contributed by atoms with E-state index in [1.54, 1.807) is 12.1 Å². The molecule has 1 N–H and O–H groups in total. The van der Waals surface area contributed by atoms with Crippen molar-refractivity contribution in [3.05, 3.63) is 52.8 Å². The third-order valence-corrected chi connectivity index (χ3v) is 7.75. The van der Waals surface area contributed by atoms with E-state index in [4.69, 9.17) is 14.5 Å². The van der Waals surface area contributed by atoms with E-state index < -0.39 is 12.0 Å². The van der Waals surface area contributed by atoms with Crippen molar-refractivity contribution >= 4 is 22.4 Å². The van der Waals surface area contributed by atoms with Crippen LogP contribution in [-0.4, -0.2) is 53.2 Å². The maximum absolute atomic E-state index is 15.1. The molecule has 9 heteroatoms. The van der Waals surface area contributed by atoms with Crippen LogP contribution in [0, 0.1) is 13.8 Å². The highest BCUT2D eigenvalue weighted by atomic mass is 19.3. The van der Waals surface area contributed by atoms with Gasteiger partial charge in [-0.2, -0.15) is 13.9 Å². The number of hydrogen-bond acceptors (Lipinski definition) is 7. The Hall–Kier alpha value is -2.91. The summed E-state index contributed by atoms with van der Waals surface area (Å²) in [4.78, 5) is 7.28. The second-order valence-corrected chi connectivity index (χ2v) is 10.2. The first-order chi connectivity index (χ1) is 17.3. The van der Waals surface area contributed by atoms with Crippen LogP contribution < -0.4 is 10.2 Å². The van der Waals surface area contributed by atoms with Gasteiger partial charge in [-0.15, -0.1) is 5.10 Å². The molecule has 0 radical (unpaired) electrons. The van der Waals surface area contributed by atoms with Crippen molar-refractivity contribution in [2.45, 2.75) is 70.2 Å². The van der Waals surface area contributed by atoms with Crippen molar-refractivity contribution in [2.75, 3.05) is 30.0 Å². The highest BCUT2D eigenvalue weighted by molar-refractivity contribution is 5.93. The zero-order chi connectivity index (χ0) is 25.0. The SMILES string of the molecule is Cc1nc2c(C)nnc(N[C@H](C)c3cccc(C(F)(F)C4CCCO4)c3)c2cc1N1CC2CC1CO2. The second-order valence-electron chi connectivity index (χ2n) is 10.2. The van der Waals surface area contributed by atoms with E-state index in [1.807, 2.05) is 26.8 Å². The number of nitrogens with zero attached hydrogens (tertiary/aromatic N) is 4. The first kappa shape index (κ1) is 23.5. The Morgan fingerprint density at radius 3 is 2.72 bits per heavy atom. The summed E-state index contributed by atoms with van der Waals surface area (Å²) >= 11 is 0. The molecule has 5 heterocycles. The molecule has 4 atom stereocenters. The van der Waals surface area contributed by atoms with Gasteiger partial charge in [-0.3, -0.25) is 0 Å². The lowest BCUT2D eigenvalue weighted by Crippen LogP contribution is -2.37. The monoisotopic (exact) mass is 495 g/mol. The molecule has 3 aliphatic rings. The molecule has 3 saturated heterocycles. The number of anilines is 2. The molecule has 0 saturated carbocycles. The van der Waals surface area contributed by atoms with Gasteiger partial charge in [0.25, 0.3) is 5.92 Å². The number of morpholine rings is 1. The van der Waals surface area contributed by atoms with Gasteiger partial charge in [0.2, 0.25) is 0 Å². The van der Waals surface area contributed by atoms with Gasteiger partial charge in [0.05, 0.1) is 47.4 Å². The molecule has 190 valence electrons. The standard InChI is InChI=1S/C27H31F2N5O2/c1-15(18-6-4-7-19(10-18)27(28,29)24-8-5-9-35-24)31-26-22-12-23(34-13-21-11-20(34)14-36-21)16(2)30-25(22)17(3)32-33-26/h4,6-7,10,12,15,20-21,24H,5,8-9,11,13-14H2,1-3H3,(H,31,33)/t15-,20?,21?,24?/m1/s1. The molecule has 0 amide bonds. The maximum atomic E-state index is 15.1. The highest BCUT2D eigenvalue weighted by Gasteiger charge is 2.44. The van der Waals surface area contributed by atoms with Gasteiger partial charge in [0, 0.05) is 24.1 Å². The number of ether oxygens (including phenoxy) is 2. The summed E-state index contributed by atoms with van der Waals surface area (Å²) in [5, 5.41) is 13.1. The molecule has 1 aromatic carbocycles. The van der Waals surface area contributed by atoms with Crippen LogP contribution in [0.2, 0.25) is 0 Å². The van der Waals surface area contributed by atoms with E-state index in [-0.39, 0.29) is 17.7 Å². The lowest BCUT2D eigenvalue weighted by Gasteiger charge is -2.30. The summed E-state index contributed by atoms with van der Waals surface area (Å²) in [5.74, 6) is -2.44. The summed E-state index contributed by atoms with van der Waals surface area (Å²) in [6.07, 6.45) is 1.29. The number of benzene rings is 1. The summed E-state index contributed by atoms with van der Waals surface area (Å²) in [5.41, 5.74) is 4.30. The molecule has 3 unspecified atom stereocenters. The fourth-order valence-corrected chi connectivity index (χ4v) is 5.72. The summed E-state index contributed by atoms with van der Waals surface area (Å²) in [7, 11) is 0. The smallest absolute Gasteiger partial charge is 0.298 e. The van der Waals surface area contributed by atoms with Crippen molar-refractivity contribution in [3.8, 4) is 0 Å². The predicted octanol–water partition coefficient (Wildman–Crippen LogP) is 5.06. The minimum absolute atomic E-state index is 0.0220. The van der Waals surface area contributed by atoms with E-state index >= 15 is 8.78 Å². The van der Waals surface area contributed by atoms with E-state index in [0.717, 1.165) is 53.1 Å². The molecule has 3 aromatic rings. The van der Waals surface area contributed by atoms with E-state index in [1.165, 1.54) is 6.07 Å². The predicted molar refractivity (Wildman–Crippen MR) is 134 cm³/mol. The normalized spacial score (nSPS) is 24.6. The minimum Gasteiger partial charge on any atom is -0.374 e. The topological polar surface area (TPSA) is 72.4 Å². The van der Waals surface area contributed by atoms with Crippen LogP contribution in [0.1, 0.15) is 54.7 Å². The van der Waals surface area contributed by atoms with Crippen molar-refractivity contribution in [1.82, 2.24) is 15.2 Å². The molecular formula is C27H31F2N5O2. The molecule has 2 aromatic heterocycles. The molecule has 3 fully saturated rings. The number of halogens is 2. The average molecular weight is 496 g/mol. The van der Waals surface area contributed by atoms with Crippen LogP contribution in [0.15, 0.2) is 30.3 Å². The number of fused-ring (bicyclic) bond motifs is 3. The molecule has 0 aliphatic carbocycles. The zero-order valence-corrected chi connectivity index (χ0v) is 20.8. The number of pyridine rings is 1. The van der Waals surface area contributed by atoms with Crippen LogP contribution in [-0.2, 0) is 15.4 Å². The van der Waals surface area contributed by atoms with Crippen LogP contribution in [0.3, 0.4) is 0 Å². The summed E-state index contributed by atoms with van der Waals surface area (Å²) in [6, 6.07) is 8.81. The van der Waals surface area contributed by atoms with Crippen LogP contribution in [0.25, 0.3) is 10.9 Å². The quantitative estimate of drug-likeness (QED) is 0.512. The second kappa shape index (κ2) is 8.88. The number of aromatic nitrogens is 3. The number of aryl methyl sites for hydroxylation is 2. The Bertz CT molecular complexity index is 1300. The summed E-state index contributed by atoms with van der Waals surface area (Å²) in [6.45, 7) is 7.86. The lowest BCUT2D eigenvalue weighted by molar-refractivity contribution is -0.122. The van der Waals surface area contributed by atoms with Crippen molar-refractivity contribution < 1.29 is 18.3 Å². The Kier molecular flexibility index (Phi) is 5.80. The molecule has 2 bridgehead atoms. The van der Waals surface area contributed by atoms with Crippen molar-refractivity contribution in [1.29, 1.82) is 0 Å². The maximum Gasteiger partial charge on any atom is 0.298 e. The van der Waals surface area contributed by atoms with Gasteiger partial charge < -0.3 is 19.7 Å². The van der Waals surface area contributed by atoms with Gasteiger partial charge >= 0.3 is 0 Å². The first-order valence-electron chi connectivity index (χ1n) is 12.7. The largest absolute Gasteiger partial charge is 0.374 e. The molecule has 7 nitrogen and oxygen atoms in total. The van der Waals surface area contributed by atoms with E-state index in [0.29, 0.717) is 31.3 Å². The fraction of sp³-hybridized carbons (Fsp3) is 0.519. The number of hydrogen-bond donors (Lipinski definition) is 1. The number of rotatable bonds is 6. The Morgan fingerprint density at radius 1 is 1.14 bits per heavy atom. The van der Waals surface area contributed by atoms with E-state index in [2.05, 4.69) is 26.5 Å². The van der Waals surface area contributed by atoms with Crippen LogP contribution in [0.5, 0.6) is 0 Å². The minimum atomic E-state index is -3.03. The number of nitrogens with one attached hydrogen (secondary N) is 1. The molecule has 36 heavy (non-hydrogen) atoms. The van der Waals surface area contributed by atoms with Crippen molar-refractivity contribution in [2.24, 2.45) is 0 Å². The third-order valence-electron chi connectivity index (χ3n) is 7.75. The van der Waals surface area contributed by atoms with Crippen LogP contribution >= 0.6 is 0 Å². The fourth-order valence-electron chi connectivity index (χ4n) is 5.72. The molecule has 3 aliphatic heterocycles. The van der Waals surface area contributed by atoms with Gasteiger partial charge in [0.15, 0.2) is 5.82 Å². The molecular weight excluding hydrogens is 464 g/mol. The van der Waals surface area contributed by atoms with Crippen molar-refractivity contribution in [3.63, 3.8) is 0 Å². The Morgan fingerprint density at radius 2 is 2.00 bits per heavy atom. The van der Waals surface area contributed by atoms with Gasteiger partial charge in [-0.05, 0) is 57.7 Å². The van der Waals surface area contributed by atoms with Crippen LogP contribution in [0.4, 0.5) is 20.3 Å². The Balaban J connectivity index is 1.31. The average Bonchev–Trinajstić information content (AvgIpc) is 3.65. The highest BCUT2D eigenvalue weighted by Crippen LogP contribution is 2.40. The zero-order valence-electron chi connectivity index (χ0n) is 20.8. The van der Waals surface area contributed by atoms with Gasteiger partial charge in [-0.1, -0.05) is 18.2 Å². The van der Waals surface area contributed by atoms with E-state index in [9.17, 15) is 0 Å². The Labute approximate surface area is 209 Å². The lowest BCUT2D eigenvalue weighted by atomic mass is 9.97. The van der Waals surface area contributed by atoms with Gasteiger partial charge in [-0.25, -0.2) is 4.98 Å². The van der Waals surface area contributed by atoms with Gasteiger partial charge in [0.1, 0.15) is 6.10 Å². The third kappa shape index (κ3) is 3.98. The first-order valence-corrected chi connectivity index (χ1v) is 12.7. The number of alkyl halides is 2. The molecule has 0 spiro atoms.